The van der Waals surface area contributed by atoms with Crippen LogP contribution < -0.4 is 5.73 Å². The van der Waals surface area contributed by atoms with E-state index in [1.54, 1.807) is 24.3 Å². The maximum absolute atomic E-state index is 13.6. The largest absolute Gasteiger partial charge is 0.326 e. The van der Waals surface area contributed by atoms with E-state index < -0.39 is 11.6 Å². The Kier molecular flexibility index (Phi) is 2.97. The van der Waals surface area contributed by atoms with Crippen LogP contribution in [0.2, 0.25) is 0 Å². The van der Waals surface area contributed by atoms with Gasteiger partial charge in [0, 0.05) is 6.54 Å². The van der Waals surface area contributed by atoms with E-state index in [1.165, 1.54) is 18.2 Å². The Morgan fingerprint density at radius 1 is 0.875 bits per heavy atom. The number of benzene rings is 2. The molecule has 2 N–H and O–H groups in total. The van der Waals surface area contributed by atoms with E-state index in [1.807, 2.05) is 0 Å². The van der Waals surface area contributed by atoms with Gasteiger partial charge in [-0.25, -0.2) is 8.78 Å². The standard InChI is InChI=1S/C13H11F2N/c14-11-6-3-7-12(15)13(11)10-5-2-1-4-9(10)8-16/h1-7H,8,16H2. The molecule has 0 heterocycles. The van der Waals surface area contributed by atoms with E-state index in [9.17, 15) is 8.78 Å². The predicted molar refractivity (Wildman–Crippen MR) is 59.7 cm³/mol. The van der Waals surface area contributed by atoms with E-state index >= 15 is 0 Å². The van der Waals surface area contributed by atoms with Gasteiger partial charge in [-0.1, -0.05) is 30.3 Å². The lowest BCUT2D eigenvalue weighted by molar-refractivity contribution is 0.589. The second-order valence-electron chi connectivity index (χ2n) is 3.46. The van der Waals surface area contributed by atoms with Crippen LogP contribution in [0.1, 0.15) is 5.56 Å². The molecular formula is C13H11F2N. The van der Waals surface area contributed by atoms with Gasteiger partial charge in [-0.2, -0.15) is 0 Å². The molecule has 0 aliphatic carbocycles. The van der Waals surface area contributed by atoms with Crippen LogP contribution >= 0.6 is 0 Å². The van der Waals surface area contributed by atoms with Crippen molar-refractivity contribution in [2.75, 3.05) is 0 Å². The zero-order valence-corrected chi connectivity index (χ0v) is 8.58. The van der Waals surface area contributed by atoms with Crippen molar-refractivity contribution in [1.29, 1.82) is 0 Å². The van der Waals surface area contributed by atoms with Crippen LogP contribution in [0, 0.1) is 11.6 Å². The summed E-state index contributed by atoms with van der Waals surface area (Å²) in [5.41, 5.74) is 6.78. The van der Waals surface area contributed by atoms with Crippen molar-refractivity contribution >= 4 is 0 Å². The molecule has 0 aliphatic heterocycles. The minimum atomic E-state index is -0.569. The third kappa shape index (κ3) is 1.82. The van der Waals surface area contributed by atoms with Crippen LogP contribution in [0.3, 0.4) is 0 Å². The fourth-order valence-electron chi connectivity index (χ4n) is 1.70. The quantitative estimate of drug-likeness (QED) is 0.825. The number of hydrogen-bond donors (Lipinski definition) is 1. The number of nitrogens with two attached hydrogens (primary N) is 1. The molecule has 16 heavy (non-hydrogen) atoms. The van der Waals surface area contributed by atoms with Gasteiger partial charge in [0.05, 0.1) is 5.56 Å². The van der Waals surface area contributed by atoms with Crippen LogP contribution in [-0.4, -0.2) is 0 Å². The molecule has 0 saturated carbocycles. The Balaban J connectivity index is 2.67. The summed E-state index contributed by atoms with van der Waals surface area (Å²) in [4.78, 5) is 0. The van der Waals surface area contributed by atoms with Crippen molar-refractivity contribution in [3.8, 4) is 11.1 Å². The Hall–Kier alpha value is -1.74. The fraction of sp³-hybridized carbons (Fsp3) is 0.0769. The molecule has 2 aromatic rings. The first-order valence-corrected chi connectivity index (χ1v) is 4.96. The zero-order valence-electron chi connectivity index (χ0n) is 8.58. The van der Waals surface area contributed by atoms with Crippen LogP contribution in [-0.2, 0) is 6.54 Å². The average molecular weight is 219 g/mol. The normalized spacial score (nSPS) is 10.4. The van der Waals surface area contributed by atoms with Crippen molar-refractivity contribution in [3.05, 3.63) is 59.7 Å². The van der Waals surface area contributed by atoms with Crippen molar-refractivity contribution in [1.82, 2.24) is 0 Å². The molecule has 0 radical (unpaired) electrons. The predicted octanol–water partition coefficient (Wildman–Crippen LogP) is 3.09. The van der Waals surface area contributed by atoms with Crippen LogP contribution in [0.15, 0.2) is 42.5 Å². The van der Waals surface area contributed by atoms with Gasteiger partial charge >= 0.3 is 0 Å². The second kappa shape index (κ2) is 4.41. The molecule has 0 saturated heterocycles. The van der Waals surface area contributed by atoms with Crippen molar-refractivity contribution < 1.29 is 8.78 Å². The van der Waals surface area contributed by atoms with Crippen LogP contribution in [0.25, 0.3) is 11.1 Å². The van der Waals surface area contributed by atoms with E-state index in [-0.39, 0.29) is 12.1 Å². The molecule has 0 spiro atoms. The molecule has 0 atom stereocenters. The molecule has 1 nitrogen and oxygen atoms in total. The highest BCUT2D eigenvalue weighted by atomic mass is 19.1. The number of hydrogen-bond acceptors (Lipinski definition) is 1. The summed E-state index contributed by atoms with van der Waals surface area (Å²) < 4.78 is 27.1. The minimum absolute atomic E-state index is 0.0106. The smallest absolute Gasteiger partial charge is 0.133 e. The second-order valence-corrected chi connectivity index (χ2v) is 3.46. The van der Waals surface area contributed by atoms with Gasteiger partial charge in [0.15, 0.2) is 0 Å². The molecule has 0 amide bonds. The average Bonchev–Trinajstić information content (AvgIpc) is 2.29. The lowest BCUT2D eigenvalue weighted by Gasteiger charge is -2.09. The molecule has 0 fully saturated rings. The van der Waals surface area contributed by atoms with Crippen molar-refractivity contribution in [3.63, 3.8) is 0 Å². The first kappa shape index (κ1) is 10.8. The third-order valence-electron chi connectivity index (χ3n) is 2.47. The first-order chi connectivity index (χ1) is 7.74. The third-order valence-corrected chi connectivity index (χ3v) is 2.47. The summed E-state index contributed by atoms with van der Waals surface area (Å²) >= 11 is 0. The van der Waals surface area contributed by atoms with Gasteiger partial charge < -0.3 is 5.73 Å². The van der Waals surface area contributed by atoms with Crippen LogP contribution in [0.5, 0.6) is 0 Å². The Labute approximate surface area is 92.5 Å². The summed E-state index contributed by atoms with van der Waals surface area (Å²) in [7, 11) is 0. The van der Waals surface area contributed by atoms with Gasteiger partial charge in [0.25, 0.3) is 0 Å². The highest BCUT2D eigenvalue weighted by molar-refractivity contribution is 5.68. The lowest BCUT2D eigenvalue weighted by Crippen LogP contribution is -2.00. The van der Waals surface area contributed by atoms with Crippen LogP contribution in [0.4, 0.5) is 8.78 Å². The molecule has 2 rings (SSSR count). The molecule has 0 bridgehead atoms. The monoisotopic (exact) mass is 219 g/mol. The minimum Gasteiger partial charge on any atom is -0.326 e. The Morgan fingerprint density at radius 2 is 1.50 bits per heavy atom. The zero-order chi connectivity index (χ0) is 11.5. The maximum atomic E-state index is 13.6. The molecule has 0 unspecified atom stereocenters. The summed E-state index contributed by atoms with van der Waals surface area (Å²) in [5, 5.41) is 0. The molecule has 2 aromatic carbocycles. The summed E-state index contributed by atoms with van der Waals surface area (Å²) in [5.74, 6) is -1.14. The number of rotatable bonds is 2. The van der Waals surface area contributed by atoms with Gasteiger partial charge in [0.2, 0.25) is 0 Å². The van der Waals surface area contributed by atoms with Gasteiger partial charge in [-0.3, -0.25) is 0 Å². The van der Waals surface area contributed by atoms with E-state index in [0.29, 0.717) is 5.56 Å². The van der Waals surface area contributed by atoms with E-state index in [0.717, 1.165) is 5.56 Å². The molecule has 82 valence electrons. The highest BCUT2D eigenvalue weighted by Gasteiger charge is 2.13. The van der Waals surface area contributed by atoms with Crippen molar-refractivity contribution in [2.24, 2.45) is 5.73 Å². The Morgan fingerprint density at radius 3 is 2.12 bits per heavy atom. The van der Waals surface area contributed by atoms with E-state index in [4.69, 9.17) is 5.73 Å². The topological polar surface area (TPSA) is 26.0 Å². The molecule has 0 aromatic heterocycles. The summed E-state index contributed by atoms with van der Waals surface area (Å²) in [6, 6.07) is 10.8. The fourth-order valence-corrected chi connectivity index (χ4v) is 1.70. The summed E-state index contributed by atoms with van der Waals surface area (Å²) in [6.07, 6.45) is 0. The molecule has 0 aliphatic rings. The van der Waals surface area contributed by atoms with Crippen molar-refractivity contribution in [2.45, 2.75) is 6.54 Å². The van der Waals surface area contributed by atoms with E-state index in [2.05, 4.69) is 0 Å². The lowest BCUT2D eigenvalue weighted by atomic mass is 9.99. The Bertz CT molecular complexity index is 489. The van der Waals surface area contributed by atoms with Gasteiger partial charge in [-0.05, 0) is 23.3 Å². The highest BCUT2D eigenvalue weighted by Crippen LogP contribution is 2.28. The first-order valence-electron chi connectivity index (χ1n) is 4.96. The summed E-state index contributed by atoms with van der Waals surface area (Å²) in [6.45, 7) is 0.254. The number of halogens is 2. The van der Waals surface area contributed by atoms with Gasteiger partial charge in [-0.15, -0.1) is 0 Å². The molecular weight excluding hydrogens is 208 g/mol. The molecule has 3 heteroatoms. The maximum Gasteiger partial charge on any atom is 0.133 e. The SMILES string of the molecule is NCc1ccccc1-c1c(F)cccc1F. The van der Waals surface area contributed by atoms with Gasteiger partial charge in [0.1, 0.15) is 11.6 Å².